The first-order valence-electron chi connectivity index (χ1n) is 3.47. The molecule has 1 aromatic rings. The molecular weight excluding hydrogens is 219 g/mol. The standard InChI is InChI=1S/C7H6F3NO2S/c8-7(9,14(12,13)11-10)6-4-2-1-3-5-6/h1-5,11H. The third kappa shape index (κ3) is 1.73. The lowest BCUT2D eigenvalue weighted by atomic mass is 10.2. The van der Waals surface area contributed by atoms with Gasteiger partial charge in [-0.05, 0) is 4.94 Å². The molecule has 0 aromatic heterocycles. The van der Waals surface area contributed by atoms with Crippen LogP contribution in [0.4, 0.5) is 13.3 Å². The van der Waals surface area contributed by atoms with Gasteiger partial charge < -0.3 is 0 Å². The van der Waals surface area contributed by atoms with Gasteiger partial charge in [-0.3, -0.25) is 0 Å². The van der Waals surface area contributed by atoms with Crippen LogP contribution in [0.15, 0.2) is 30.3 Å². The van der Waals surface area contributed by atoms with Gasteiger partial charge in [-0.1, -0.05) is 30.3 Å². The highest BCUT2D eigenvalue weighted by Crippen LogP contribution is 2.32. The quantitative estimate of drug-likeness (QED) is 0.793. The highest BCUT2D eigenvalue weighted by atomic mass is 32.2. The largest absolute Gasteiger partial charge is 0.386 e. The fourth-order valence-corrected chi connectivity index (χ4v) is 1.38. The third-order valence-corrected chi connectivity index (χ3v) is 2.66. The summed E-state index contributed by atoms with van der Waals surface area (Å²) in [5.74, 6) is 0. The molecule has 14 heavy (non-hydrogen) atoms. The number of benzene rings is 1. The summed E-state index contributed by atoms with van der Waals surface area (Å²) in [5, 5.41) is -4.27. The van der Waals surface area contributed by atoms with E-state index in [-0.39, 0.29) is 4.94 Å². The molecule has 0 fully saturated rings. The zero-order valence-electron chi connectivity index (χ0n) is 6.75. The Balaban J connectivity index is 3.22. The van der Waals surface area contributed by atoms with Crippen LogP contribution in [-0.4, -0.2) is 8.42 Å². The van der Waals surface area contributed by atoms with E-state index in [1.54, 1.807) is 0 Å². The molecule has 0 amide bonds. The molecule has 0 saturated heterocycles. The molecule has 78 valence electrons. The van der Waals surface area contributed by atoms with Crippen molar-refractivity contribution in [3.05, 3.63) is 35.9 Å². The normalized spacial score (nSPS) is 12.8. The Morgan fingerprint density at radius 2 is 1.64 bits per heavy atom. The van der Waals surface area contributed by atoms with E-state index in [1.807, 2.05) is 0 Å². The van der Waals surface area contributed by atoms with Gasteiger partial charge in [0.1, 0.15) is 0 Å². The van der Waals surface area contributed by atoms with E-state index in [0.29, 0.717) is 0 Å². The molecular formula is C7H6F3NO2S. The first kappa shape index (κ1) is 11.0. The summed E-state index contributed by atoms with van der Waals surface area (Å²) in [4.78, 5) is 0.102. The van der Waals surface area contributed by atoms with Crippen LogP contribution >= 0.6 is 0 Å². The minimum atomic E-state index is -5.30. The Morgan fingerprint density at radius 3 is 2.07 bits per heavy atom. The summed E-state index contributed by atoms with van der Waals surface area (Å²) in [7, 11) is -5.30. The maximum Gasteiger partial charge on any atom is 0.386 e. The van der Waals surface area contributed by atoms with E-state index in [2.05, 4.69) is 0 Å². The smallest absolute Gasteiger partial charge is 0.203 e. The Morgan fingerprint density at radius 1 is 1.14 bits per heavy atom. The van der Waals surface area contributed by atoms with Crippen molar-refractivity contribution in [3.63, 3.8) is 0 Å². The Hall–Kier alpha value is -1.08. The second kappa shape index (κ2) is 3.58. The Labute approximate surface area is 78.5 Å². The van der Waals surface area contributed by atoms with Crippen LogP contribution in [0.3, 0.4) is 0 Å². The maximum absolute atomic E-state index is 13.0. The van der Waals surface area contributed by atoms with E-state index in [1.165, 1.54) is 18.2 Å². The topological polar surface area (TPSA) is 46.2 Å². The van der Waals surface area contributed by atoms with Crippen molar-refractivity contribution in [2.45, 2.75) is 5.25 Å². The fraction of sp³-hybridized carbons (Fsp3) is 0.143. The van der Waals surface area contributed by atoms with Gasteiger partial charge in [0.05, 0.1) is 0 Å². The summed E-state index contributed by atoms with van der Waals surface area (Å²) < 4.78 is 58.9. The summed E-state index contributed by atoms with van der Waals surface area (Å²) in [6, 6.07) is 5.70. The molecule has 0 radical (unpaired) electrons. The second-order valence-corrected chi connectivity index (χ2v) is 4.14. The molecule has 0 aliphatic carbocycles. The van der Waals surface area contributed by atoms with Crippen molar-refractivity contribution in [3.8, 4) is 0 Å². The van der Waals surface area contributed by atoms with Gasteiger partial charge in [0.15, 0.2) is 0 Å². The van der Waals surface area contributed by atoms with Gasteiger partial charge in [-0.2, -0.15) is 8.78 Å². The van der Waals surface area contributed by atoms with Gasteiger partial charge in [0.2, 0.25) is 0 Å². The van der Waals surface area contributed by atoms with Crippen LogP contribution in [0, 0.1) is 0 Å². The number of sulfonamides is 1. The SMILES string of the molecule is O=S(=O)(NF)C(F)(F)c1ccccc1. The highest BCUT2D eigenvalue weighted by molar-refractivity contribution is 7.89. The van der Waals surface area contributed by atoms with Crippen LogP contribution in [0.25, 0.3) is 0 Å². The molecule has 0 bridgehead atoms. The summed E-state index contributed by atoms with van der Waals surface area (Å²) in [6.07, 6.45) is 0. The number of hydrogen-bond donors (Lipinski definition) is 1. The van der Waals surface area contributed by atoms with Crippen LogP contribution < -0.4 is 4.94 Å². The second-order valence-electron chi connectivity index (χ2n) is 2.46. The molecule has 0 spiro atoms. The highest BCUT2D eigenvalue weighted by Gasteiger charge is 2.47. The molecule has 0 unspecified atom stereocenters. The molecule has 0 saturated carbocycles. The number of hydrogen-bond acceptors (Lipinski definition) is 2. The fourth-order valence-electron chi connectivity index (χ4n) is 0.836. The third-order valence-electron chi connectivity index (χ3n) is 1.55. The van der Waals surface area contributed by atoms with E-state index in [4.69, 9.17) is 0 Å². The van der Waals surface area contributed by atoms with Crippen molar-refractivity contribution in [2.75, 3.05) is 0 Å². The van der Waals surface area contributed by atoms with Crippen LogP contribution in [0.5, 0.6) is 0 Å². The van der Waals surface area contributed by atoms with Gasteiger partial charge in [-0.25, -0.2) is 8.42 Å². The predicted octanol–water partition coefficient (Wildman–Crippen LogP) is 1.54. The van der Waals surface area contributed by atoms with E-state index < -0.39 is 20.8 Å². The lowest BCUT2D eigenvalue weighted by molar-refractivity contribution is 0.0854. The Kier molecular flexibility index (Phi) is 2.81. The van der Waals surface area contributed by atoms with Crippen molar-refractivity contribution in [2.24, 2.45) is 0 Å². The molecule has 0 aliphatic rings. The van der Waals surface area contributed by atoms with Gasteiger partial charge in [0.25, 0.3) is 0 Å². The van der Waals surface area contributed by atoms with Crippen molar-refractivity contribution < 1.29 is 21.7 Å². The van der Waals surface area contributed by atoms with Gasteiger partial charge in [0, 0.05) is 5.56 Å². The van der Waals surface area contributed by atoms with E-state index in [9.17, 15) is 21.7 Å². The lowest BCUT2D eigenvalue weighted by Crippen LogP contribution is -2.33. The molecule has 1 rings (SSSR count). The predicted molar refractivity (Wildman–Crippen MR) is 43.5 cm³/mol. The molecule has 3 nitrogen and oxygen atoms in total. The maximum atomic E-state index is 13.0. The molecule has 1 N–H and O–H groups in total. The van der Waals surface area contributed by atoms with E-state index in [0.717, 1.165) is 12.1 Å². The van der Waals surface area contributed by atoms with E-state index >= 15 is 0 Å². The molecule has 0 heterocycles. The number of nitrogens with one attached hydrogen (secondary N) is 1. The number of alkyl halides is 2. The van der Waals surface area contributed by atoms with Gasteiger partial charge >= 0.3 is 15.3 Å². The van der Waals surface area contributed by atoms with Crippen LogP contribution in [0.2, 0.25) is 0 Å². The van der Waals surface area contributed by atoms with Gasteiger partial charge in [-0.15, -0.1) is 4.48 Å². The first-order chi connectivity index (χ1) is 6.42. The monoisotopic (exact) mass is 225 g/mol. The zero-order chi connectivity index (χ0) is 10.8. The molecule has 7 heteroatoms. The van der Waals surface area contributed by atoms with Crippen molar-refractivity contribution >= 4 is 10.0 Å². The van der Waals surface area contributed by atoms with Crippen molar-refractivity contribution in [1.29, 1.82) is 0 Å². The summed E-state index contributed by atoms with van der Waals surface area (Å²) in [6.45, 7) is 0. The molecule has 0 aliphatic heterocycles. The number of rotatable bonds is 3. The van der Waals surface area contributed by atoms with Crippen molar-refractivity contribution in [1.82, 2.24) is 4.94 Å². The first-order valence-corrected chi connectivity index (χ1v) is 4.95. The minimum Gasteiger partial charge on any atom is -0.203 e. The zero-order valence-corrected chi connectivity index (χ0v) is 7.56. The van der Waals surface area contributed by atoms with Crippen LogP contribution in [-0.2, 0) is 15.3 Å². The average molecular weight is 225 g/mol. The lowest BCUT2D eigenvalue weighted by Gasteiger charge is -2.14. The minimum absolute atomic E-state index is 0.102. The molecule has 1 aromatic carbocycles. The summed E-state index contributed by atoms with van der Waals surface area (Å²) >= 11 is 0. The van der Waals surface area contributed by atoms with Crippen LogP contribution in [0.1, 0.15) is 5.56 Å². The average Bonchev–Trinajstić information content (AvgIpc) is 2.19. The summed E-state index contributed by atoms with van der Waals surface area (Å²) in [5.41, 5.74) is -0.787. The molecule has 0 atom stereocenters. The number of halogens is 3. The Bertz CT molecular complexity index is 404.